The fourth-order valence-electron chi connectivity index (χ4n) is 2.61. The molecule has 0 aliphatic heterocycles. The van der Waals surface area contributed by atoms with Gasteiger partial charge in [-0.1, -0.05) is 36.4 Å². The highest BCUT2D eigenvalue weighted by Gasteiger charge is 2.18. The number of carbonyl (C=O) groups is 2. The van der Waals surface area contributed by atoms with Crippen molar-refractivity contribution in [1.29, 1.82) is 0 Å². The molecule has 28 heavy (non-hydrogen) atoms. The molecule has 0 radical (unpaired) electrons. The monoisotopic (exact) mass is 396 g/mol. The highest BCUT2D eigenvalue weighted by atomic mass is 32.1. The average molecular weight is 396 g/mol. The Hall–Kier alpha value is -3.19. The Balaban J connectivity index is 1.86. The summed E-state index contributed by atoms with van der Waals surface area (Å²) in [7, 11) is 1.35. The molecule has 0 unspecified atom stereocenters. The number of nitrogens with one attached hydrogen (secondary N) is 1. The zero-order chi connectivity index (χ0) is 19.9. The summed E-state index contributed by atoms with van der Waals surface area (Å²) in [6.07, 6.45) is 0.0914. The molecule has 0 aliphatic rings. The zero-order valence-corrected chi connectivity index (χ0v) is 16.4. The molecule has 144 valence electrons. The Morgan fingerprint density at radius 1 is 1.11 bits per heavy atom. The Morgan fingerprint density at radius 3 is 2.61 bits per heavy atom. The summed E-state index contributed by atoms with van der Waals surface area (Å²) in [5.74, 6) is -0.0201. The smallest absolute Gasteiger partial charge is 0.310 e. The number of benzene rings is 2. The highest BCUT2D eigenvalue weighted by Crippen LogP contribution is 2.32. The molecule has 0 saturated heterocycles. The molecule has 1 N–H and O–H groups in total. The van der Waals surface area contributed by atoms with Gasteiger partial charge < -0.3 is 9.47 Å². The summed E-state index contributed by atoms with van der Waals surface area (Å²) in [5.41, 5.74) is 2.00. The topological polar surface area (TPSA) is 77.5 Å². The van der Waals surface area contributed by atoms with Crippen LogP contribution in [0.25, 0.3) is 11.3 Å². The molecule has 2 aromatic carbocycles. The van der Waals surface area contributed by atoms with E-state index in [2.05, 4.69) is 10.3 Å². The van der Waals surface area contributed by atoms with Gasteiger partial charge in [0.2, 0.25) is 0 Å². The van der Waals surface area contributed by atoms with Crippen LogP contribution in [0.3, 0.4) is 0 Å². The molecule has 3 rings (SSSR count). The Bertz CT molecular complexity index is 970. The van der Waals surface area contributed by atoms with E-state index in [1.54, 1.807) is 24.3 Å². The largest absolute Gasteiger partial charge is 0.494 e. The molecule has 1 aromatic heterocycles. The number of ether oxygens (including phenoxy) is 2. The molecular weight excluding hydrogens is 376 g/mol. The number of hydrogen-bond acceptors (Lipinski definition) is 6. The lowest BCUT2D eigenvalue weighted by atomic mass is 10.1. The number of carbonyl (C=O) groups excluding carboxylic acids is 2. The van der Waals surface area contributed by atoms with Crippen molar-refractivity contribution >= 4 is 28.3 Å². The average Bonchev–Trinajstić information content (AvgIpc) is 3.11. The van der Waals surface area contributed by atoms with Crippen LogP contribution in [0.4, 0.5) is 5.13 Å². The van der Waals surface area contributed by atoms with E-state index in [0.29, 0.717) is 28.7 Å². The van der Waals surface area contributed by atoms with Crippen LogP contribution in [0.15, 0.2) is 54.6 Å². The van der Waals surface area contributed by atoms with Crippen molar-refractivity contribution in [3.63, 3.8) is 0 Å². The van der Waals surface area contributed by atoms with E-state index in [-0.39, 0.29) is 18.3 Å². The zero-order valence-electron chi connectivity index (χ0n) is 15.6. The quantitative estimate of drug-likeness (QED) is 0.606. The molecule has 7 heteroatoms. The van der Waals surface area contributed by atoms with Gasteiger partial charge in [-0.05, 0) is 25.1 Å². The second-order valence-electron chi connectivity index (χ2n) is 5.82. The van der Waals surface area contributed by atoms with E-state index in [4.69, 9.17) is 9.47 Å². The molecule has 0 bridgehead atoms. The van der Waals surface area contributed by atoms with E-state index in [0.717, 1.165) is 10.4 Å². The van der Waals surface area contributed by atoms with Crippen LogP contribution in [0.5, 0.6) is 5.75 Å². The fraction of sp³-hybridized carbons (Fsp3) is 0.190. The predicted octanol–water partition coefficient (Wildman–Crippen LogP) is 4.18. The number of thiazole rings is 1. The third-order valence-corrected chi connectivity index (χ3v) is 4.88. The van der Waals surface area contributed by atoms with Crippen LogP contribution in [0.1, 0.15) is 22.2 Å². The molecule has 3 aromatic rings. The van der Waals surface area contributed by atoms with Crippen LogP contribution in [-0.2, 0) is 16.0 Å². The lowest BCUT2D eigenvalue weighted by Crippen LogP contribution is -2.11. The van der Waals surface area contributed by atoms with Crippen molar-refractivity contribution in [3.8, 4) is 17.0 Å². The van der Waals surface area contributed by atoms with Crippen LogP contribution in [0, 0.1) is 0 Å². The van der Waals surface area contributed by atoms with Gasteiger partial charge in [0.1, 0.15) is 5.75 Å². The summed E-state index contributed by atoms with van der Waals surface area (Å²) in [6, 6.07) is 16.5. The first kappa shape index (κ1) is 19.6. The minimum Gasteiger partial charge on any atom is -0.494 e. The first-order valence-corrected chi connectivity index (χ1v) is 9.58. The van der Waals surface area contributed by atoms with Crippen LogP contribution in [0.2, 0.25) is 0 Å². The van der Waals surface area contributed by atoms with Gasteiger partial charge in [0.15, 0.2) is 5.13 Å². The van der Waals surface area contributed by atoms with Gasteiger partial charge in [-0.15, -0.1) is 11.3 Å². The van der Waals surface area contributed by atoms with E-state index < -0.39 is 0 Å². The van der Waals surface area contributed by atoms with Crippen molar-refractivity contribution in [2.24, 2.45) is 0 Å². The minimum atomic E-state index is -0.358. The summed E-state index contributed by atoms with van der Waals surface area (Å²) in [5, 5.41) is 3.23. The van der Waals surface area contributed by atoms with E-state index in [1.165, 1.54) is 18.4 Å². The number of nitrogens with zero attached hydrogens (tertiary/aromatic N) is 1. The van der Waals surface area contributed by atoms with Gasteiger partial charge in [-0.3, -0.25) is 14.9 Å². The third kappa shape index (κ3) is 4.75. The van der Waals surface area contributed by atoms with Crippen LogP contribution < -0.4 is 10.1 Å². The summed E-state index contributed by atoms with van der Waals surface area (Å²) < 4.78 is 10.2. The van der Waals surface area contributed by atoms with Crippen LogP contribution in [-0.4, -0.2) is 30.6 Å². The molecule has 6 nitrogen and oxygen atoms in total. The lowest BCUT2D eigenvalue weighted by Gasteiger charge is -2.05. The molecule has 1 heterocycles. The number of hydrogen-bond donors (Lipinski definition) is 1. The number of amides is 1. The molecule has 1 amide bonds. The van der Waals surface area contributed by atoms with Crippen molar-refractivity contribution in [2.75, 3.05) is 19.0 Å². The van der Waals surface area contributed by atoms with Gasteiger partial charge in [0.25, 0.3) is 5.91 Å². The minimum absolute atomic E-state index is 0.0914. The van der Waals surface area contributed by atoms with Crippen molar-refractivity contribution < 1.29 is 19.1 Å². The highest BCUT2D eigenvalue weighted by molar-refractivity contribution is 7.16. The maximum atomic E-state index is 12.6. The molecule has 0 aliphatic carbocycles. The molecular formula is C21H20N2O4S. The SMILES string of the molecule is CCOc1cccc(C(=O)Nc2nc(-c3ccccc3)c(CC(=O)OC)s2)c1. The maximum Gasteiger partial charge on any atom is 0.310 e. The van der Waals surface area contributed by atoms with Crippen molar-refractivity contribution in [1.82, 2.24) is 4.98 Å². The molecule has 0 fully saturated rings. The number of methoxy groups -OCH3 is 1. The number of anilines is 1. The van der Waals surface area contributed by atoms with Gasteiger partial charge in [-0.25, -0.2) is 4.98 Å². The third-order valence-electron chi connectivity index (χ3n) is 3.90. The molecule has 0 spiro atoms. The second kappa shape index (κ2) is 9.14. The second-order valence-corrected chi connectivity index (χ2v) is 6.91. The van der Waals surface area contributed by atoms with Crippen molar-refractivity contribution in [2.45, 2.75) is 13.3 Å². The standard InChI is InChI=1S/C21H20N2O4S/c1-3-27-16-11-7-10-15(12-16)20(25)23-21-22-19(14-8-5-4-6-9-14)17(28-21)13-18(24)26-2/h4-12H,3,13H2,1-2H3,(H,22,23,25). The van der Waals surface area contributed by atoms with Crippen molar-refractivity contribution in [3.05, 3.63) is 65.0 Å². The summed E-state index contributed by atoms with van der Waals surface area (Å²) in [6.45, 7) is 2.41. The Labute approximate surface area is 167 Å². The van der Waals surface area contributed by atoms with Gasteiger partial charge in [0.05, 0.1) is 25.8 Å². The predicted molar refractivity (Wildman–Crippen MR) is 109 cm³/mol. The first-order chi connectivity index (χ1) is 13.6. The fourth-order valence-corrected chi connectivity index (χ4v) is 3.58. The number of rotatable bonds is 7. The van der Waals surface area contributed by atoms with Crippen LogP contribution >= 0.6 is 11.3 Å². The molecule has 0 atom stereocenters. The number of esters is 1. The normalized spacial score (nSPS) is 10.4. The van der Waals surface area contributed by atoms with E-state index in [9.17, 15) is 9.59 Å². The van der Waals surface area contributed by atoms with Gasteiger partial charge in [0, 0.05) is 16.0 Å². The summed E-state index contributed by atoms with van der Waals surface area (Å²) >= 11 is 1.26. The first-order valence-electron chi connectivity index (χ1n) is 8.77. The maximum absolute atomic E-state index is 12.6. The Morgan fingerprint density at radius 2 is 1.89 bits per heavy atom. The van der Waals surface area contributed by atoms with Gasteiger partial charge in [-0.2, -0.15) is 0 Å². The molecule has 0 saturated carbocycles. The number of aromatic nitrogens is 1. The Kier molecular flexibility index (Phi) is 6.39. The summed E-state index contributed by atoms with van der Waals surface area (Å²) in [4.78, 5) is 29.7. The van der Waals surface area contributed by atoms with Gasteiger partial charge >= 0.3 is 5.97 Å². The van der Waals surface area contributed by atoms with E-state index in [1.807, 2.05) is 37.3 Å². The van der Waals surface area contributed by atoms with E-state index >= 15 is 0 Å². The lowest BCUT2D eigenvalue weighted by molar-refractivity contribution is -0.139.